The van der Waals surface area contributed by atoms with E-state index in [0.29, 0.717) is 0 Å². The molecule has 0 saturated carbocycles. The number of halogens is 3. The second-order valence-corrected chi connectivity index (χ2v) is 5.26. The first-order valence-corrected chi connectivity index (χ1v) is 5.33. The van der Waals surface area contributed by atoms with Gasteiger partial charge in [0, 0.05) is 10.9 Å². The van der Waals surface area contributed by atoms with Crippen molar-refractivity contribution in [1.29, 1.82) is 0 Å². The average molecular weight is 233 g/mol. The maximum Gasteiger partial charge on any atom is 0.129 e. The first-order valence-electron chi connectivity index (χ1n) is 4.89. The molecule has 0 bridgehead atoms. The van der Waals surface area contributed by atoms with Gasteiger partial charge in [0.1, 0.15) is 11.6 Å². The summed E-state index contributed by atoms with van der Waals surface area (Å²) in [7, 11) is 0. The van der Waals surface area contributed by atoms with Gasteiger partial charge in [-0.3, -0.25) is 0 Å². The van der Waals surface area contributed by atoms with Crippen LogP contribution < -0.4 is 0 Å². The quantitative estimate of drug-likeness (QED) is 0.672. The van der Waals surface area contributed by atoms with Crippen molar-refractivity contribution in [2.24, 2.45) is 5.41 Å². The smallest absolute Gasteiger partial charge is 0.129 e. The minimum atomic E-state index is -0.523. The summed E-state index contributed by atoms with van der Waals surface area (Å²) >= 11 is 6.10. The molecule has 0 N–H and O–H groups in total. The van der Waals surface area contributed by atoms with Gasteiger partial charge in [0.25, 0.3) is 0 Å². The van der Waals surface area contributed by atoms with Crippen LogP contribution in [0.4, 0.5) is 8.78 Å². The van der Waals surface area contributed by atoms with Crippen molar-refractivity contribution in [3.8, 4) is 0 Å². The Bertz CT molecular complexity index is 322. The van der Waals surface area contributed by atoms with Gasteiger partial charge in [-0.05, 0) is 24.0 Å². The molecule has 0 fully saturated rings. The van der Waals surface area contributed by atoms with E-state index in [-0.39, 0.29) is 22.8 Å². The van der Waals surface area contributed by atoms with Crippen LogP contribution in [0.5, 0.6) is 0 Å². The Morgan fingerprint density at radius 2 is 1.67 bits per heavy atom. The molecule has 1 atom stereocenters. The molecule has 0 aliphatic rings. The highest BCUT2D eigenvalue weighted by atomic mass is 35.5. The third-order valence-electron chi connectivity index (χ3n) is 2.38. The van der Waals surface area contributed by atoms with Gasteiger partial charge in [0.15, 0.2) is 0 Å². The van der Waals surface area contributed by atoms with Crippen molar-refractivity contribution in [2.75, 3.05) is 0 Å². The van der Waals surface area contributed by atoms with E-state index in [4.69, 9.17) is 11.6 Å². The van der Waals surface area contributed by atoms with E-state index in [0.717, 1.165) is 0 Å². The van der Waals surface area contributed by atoms with E-state index in [1.54, 1.807) is 0 Å². The molecule has 0 amide bonds. The topological polar surface area (TPSA) is 0 Å². The highest BCUT2D eigenvalue weighted by molar-refractivity contribution is 6.21. The Labute approximate surface area is 94.3 Å². The molecular formula is C12H15ClF2. The SMILES string of the molecule is CC(C)(C)C(Cl)Cc1c(F)cccc1F. The molecule has 1 rings (SSSR count). The minimum absolute atomic E-state index is 0.0763. The second kappa shape index (κ2) is 4.48. The van der Waals surface area contributed by atoms with Gasteiger partial charge in [0.05, 0.1) is 0 Å². The molecule has 84 valence electrons. The average Bonchev–Trinajstić information content (AvgIpc) is 2.09. The van der Waals surface area contributed by atoms with E-state index in [1.165, 1.54) is 18.2 Å². The van der Waals surface area contributed by atoms with Crippen LogP contribution in [0, 0.1) is 17.0 Å². The second-order valence-electron chi connectivity index (χ2n) is 4.74. The molecule has 3 heteroatoms. The molecule has 0 heterocycles. The Hall–Kier alpha value is -0.630. The zero-order chi connectivity index (χ0) is 11.6. The molecule has 0 saturated heterocycles. The summed E-state index contributed by atoms with van der Waals surface area (Å²) in [6, 6.07) is 3.86. The third-order valence-corrected chi connectivity index (χ3v) is 3.19. The zero-order valence-electron chi connectivity index (χ0n) is 9.15. The van der Waals surface area contributed by atoms with Gasteiger partial charge < -0.3 is 0 Å². The standard InChI is InChI=1S/C12H15ClF2/c1-12(2,3)11(13)7-8-9(14)5-4-6-10(8)15/h4-6,11H,7H2,1-3H3. The molecule has 1 aromatic carbocycles. The van der Waals surface area contributed by atoms with Crippen LogP contribution in [-0.4, -0.2) is 5.38 Å². The minimum Gasteiger partial charge on any atom is -0.207 e. The molecule has 0 aliphatic heterocycles. The molecule has 1 aromatic rings. The lowest BCUT2D eigenvalue weighted by Crippen LogP contribution is -2.23. The molecule has 0 spiro atoms. The monoisotopic (exact) mass is 232 g/mol. The summed E-state index contributed by atoms with van der Waals surface area (Å²) in [6.45, 7) is 5.84. The van der Waals surface area contributed by atoms with Gasteiger partial charge in [-0.15, -0.1) is 11.6 Å². The Morgan fingerprint density at radius 1 is 1.20 bits per heavy atom. The number of hydrogen-bond acceptors (Lipinski definition) is 0. The van der Waals surface area contributed by atoms with Gasteiger partial charge in [-0.25, -0.2) is 8.78 Å². The summed E-state index contributed by atoms with van der Waals surface area (Å²) < 4.78 is 26.6. The summed E-state index contributed by atoms with van der Waals surface area (Å²) in [4.78, 5) is 0. The predicted octanol–water partition coefficient (Wildman–Crippen LogP) is 4.16. The van der Waals surface area contributed by atoms with Gasteiger partial charge >= 0.3 is 0 Å². The fourth-order valence-electron chi connectivity index (χ4n) is 1.21. The molecule has 0 radical (unpaired) electrons. The van der Waals surface area contributed by atoms with E-state index in [9.17, 15) is 8.78 Å². The normalized spacial score (nSPS) is 14.0. The maximum absolute atomic E-state index is 13.3. The molecular weight excluding hydrogens is 218 g/mol. The number of alkyl halides is 1. The van der Waals surface area contributed by atoms with E-state index in [1.807, 2.05) is 20.8 Å². The van der Waals surface area contributed by atoms with Crippen molar-refractivity contribution in [3.63, 3.8) is 0 Å². The largest absolute Gasteiger partial charge is 0.207 e. The lowest BCUT2D eigenvalue weighted by molar-refractivity contribution is 0.380. The Morgan fingerprint density at radius 3 is 2.07 bits per heavy atom. The van der Waals surface area contributed by atoms with Crippen molar-refractivity contribution in [3.05, 3.63) is 35.4 Å². The van der Waals surface area contributed by atoms with Crippen molar-refractivity contribution >= 4 is 11.6 Å². The summed E-state index contributed by atoms with van der Waals surface area (Å²) in [5.74, 6) is -1.05. The van der Waals surface area contributed by atoms with Crippen LogP contribution in [0.2, 0.25) is 0 Å². The van der Waals surface area contributed by atoms with Gasteiger partial charge in [-0.1, -0.05) is 26.8 Å². The first-order chi connectivity index (χ1) is 6.82. The lowest BCUT2D eigenvalue weighted by atomic mass is 9.88. The van der Waals surface area contributed by atoms with Crippen LogP contribution in [0.25, 0.3) is 0 Å². The molecule has 0 aromatic heterocycles. The third kappa shape index (κ3) is 3.16. The van der Waals surface area contributed by atoms with Crippen LogP contribution >= 0.6 is 11.6 Å². The molecule has 15 heavy (non-hydrogen) atoms. The summed E-state index contributed by atoms with van der Waals surface area (Å²) in [5.41, 5.74) is -0.0940. The fraction of sp³-hybridized carbons (Fsp3) is 0.500. The van der Waals surface area contributed by atoms with Gasteiger partial charge in [-0.2, -0.15) is 0 Å². The zero-order valence-corrected chi connectivity index (χ0v) is 9.91. The number of hydrogen-bond donors (Lipinski definition) is 0. The lowest BCUT2D eigenvalue weighted by Gasteiger charge is -2.25. The molecule has 1 unspecified atom stereocenters. The summed E-state index contributed by atoms with van der Waals surface area (Å²) in [5, 5.41) is -0.288. The van der Waals surface area contributed by atoms with E-state index < -0.39 is 11.6 Å². The maximum atomic E-state index is 13.3. The Kier molecular flexibility index (Phi) is 3.72. The molecule has 0 aliphatic carbocycles. The highest BCUT2D eigenvalue weighted by Gasteiger charge is 2.24. The summed E-state index contributed by atoms with van der Waals surface area (Å²) in [6.07, 6.45) is 0.212. The van der Waals surface area contributed by atoms with Crippen molar-refractivity contribution < 1.29 is 8.78 Å². The predicted molar refractivity (Wildman–Crippen MR) is 59.2 cm³/mol. The van der Waals surface area contributed by atoms with Crippen molar-refractivity contribution in [2.45, 2.75) is 32.6 Å². The first kappa shape index (κ1) is 12.4. The van der Waals surface area contributed by atoms with Crippen molar-refractivity contribution in [1.82, 2.24) is 0 Å². The molecule has 0 nitrogen and oxygen atoms in total. The Balaban J connectivity index is 2.90. The van der Waals surface area contributed by atoms with Gasteiger partial charge in [0.2, 0.25) is 0 Å². The van der Waals surface area contributed by atoms with Crippen LogP contribution in [0.1, 0.15) is 26.3 Å². The van der Waals surface area contributed by atoms with E-state index >= 15 is 0 Å². The van der Waals surface area contributed by atoms with E-state index in [2.05, 4.69) is 0 Å². The highest BCUT2D eigenvalue weighted by Crippen LogP contribution is 2.28. The number of benzene rings is 1. The fourth-order valence-corrected chi connectivity index (χ4v) is 1.37. The van der Waals surface area contributed by atoms with Crippen LogP contribution in [0.15, 0.2) is 18.2 Å². The van der Waals surface area contributed by atoms with Crippen LogP contribution in [-0.2, 0) is 6.42 Å². The number of rotatable bonds is 2. The van der Waals surface area contributed by atoms with Crippen LogP contribution in [0.3, 0.4) is 0 Å².